The summed E-state index contributed by atoms with van der Waals surface area (Å²) in [4.78, 5) is 48.1. The molecule has 1 heterocycles. The van der Waals surface area contributed by atoms with E-state index in [0.717, 1.165) is 13.7 Å². The molecule has 2 rings (SSSR count). The highest BCUT2D eigenvalue weighted by Gasteiger charge is 2.19. The van der Waals surface area contributed by atoms with Gasteiger partial charge in [-0.3, -0.25) is 0 Å². The van der Waals surface area contributed by atoms with Crippen LogP contribution in [-0.4, -0.2) is 25.8 Å². The third kappa shape index (κ3) is 3.37. The average Bonchev–Trinajstić information content (AvgIpc) is 2.61. The summed E-state index contributed by atoms with van der Waals surface area (Å²) in [5.74, 6) is -0.530. The second kappa shape index (κ2) is 7.12. The summed E-state index contributed by atoms with van der Waals surface area (Å²) in [6, 6.07) is 8.44. The molecule has 24 heavy (non-hydrogen) atoms. The lowest BCUT2D eigenvalue weighted by atomic mass is 10.2. The number of carbonyl (C=O) groups is 1. The van der Waals surface area contributed by atoms with Crippen LogP contribution in [0.15, 0.2) is 44.7 Å². The van der Waals surface area contributed by atoms with Gasteiger partial charge in [0, 0.05) is 14.1 Å². The van der Waals surface area contributed by atoms with Crippen molar-refractivity contribution in [2.45, 2.75) is 26.0 Å². The molecule has 0 aliphatic rings. The van der Waals surface area contributed by atoms with Crippen molar-refractivity contribution in [3.63, 3.8) is 0 Å². The van der Waals surface area contributed by atoms with E-state index in [2.05, 4.69) is 0 Å². The highest BCUT2D eigenvalue weighted by atomic mass is 16.5. The maximum Gasteiger partial charge on any atom is 0.338 e. The molecular weight excluding hydrogens is 314 g/mol. The van der Waals surface area contributed by atoms with Gasteiger partial charge in [-0.1, -0.05) is 25.1 Å². The minimum atomic E-state index is -0.739. The van der Waals surface area contributed by atoms with Crippen molar-refractivity contribution in [1.29, 1.82) is 0 Å². The highest BCUT2D eigenvalue weighted by molar-refractivity contribution is 5.89. The zero-order valence-electron chi connectivity index (χ0n) is 13.8. The van der Waals surface area contributed by atoms with Gasteiger partial charge in [0.05, 0.1) is 12.1 Å². The van der Waals surface area contributed by atoms with Gasteiger partial charge in [0.2, 0.25) is 0 Å². The molecule has 0 saturated heterocycles. The van der Waals surface area contributed by atoms with Crippen molar-refractivity contribution in [1.82, 2.24) is 13.7 Å². The Morgan fingerprint density at radius 1 is 1.00 bits per heavy atom. The first-order chi connectivity index (χ1) is 11.4. The van der Waals surface area contributed by atoms with Crippen molar-refractivity contribution in [2.24, 2.45) is 14.1 Å². The molecule has 0 N–H and O–H groups in total. The molecule has 1 unspecified atom stereocenters. The van der Waals surface area contributed by atoms with E-state index in [1.807, 2.05) is 0 Å². The fourth-order valence-electron chi connectivity index (χ4n) is 2.24. The Kier molecular flexibility index (Phi) is 5.18. The number of ether oxygens (including phenoxy) is 1. The van der Waals surface area contributed by atoms with Crippen molar-refractivity contribution < 1.29 is 9.53 Å². The molecule has 1 atom stereocenters. The van der Waals surface area contributed by atoms with Gasteiger partial charge in [0.15, 0.2) is 0 Å². The third-order valence-corrected chi connectivity index (χ3v) is 3.73. The second-order valence-corrected chi connectivity index (χ2v) is 5.38. The van der Waals surface area contributed by atoms with Crippen LogP contribution in [-0.2, 0) is 25.4 Å². The first kappa shape index (κ1) is 17.5. The number of hydrogen-bond acceptors (Lipinski definition) is 5. The van der Waals surface area contributed by atoms with Crippen LogP contribution >= 0.6 is 0 Å². The van der Waals surface area contributed by atoms with Crippen molar-refractivity contribution in [3.05, 3.63) is 67.3 Å². The maximum absolute atomic E-state index is 12.1. The summed E-state index contributed by atoms with van der Waals surface area (Å²) in [6.07, 6.45) is -0.252. The lowest BCUT2D eigenvalue weighted by Gasteiger charge is -2.17. The number of carbonyl (C=O) groups excluding carboxylic acids is 1. The van der Waals surface area contributed by atoms with Gasteiger partial charge < -0.3 is 4.74 Å². The second-order valence-electron chi connectivity index (χ2n) is 5.38. The molecule has 1 aromatic heterocycles. The van der Waals surface area contributed by atoms with Crippen LogP contribution in [0.2, 0.25) is 0 Å². The largest absolute Gasteiger partial charge is 0.457 e. The van der Waals surface area contributed by atoms with Gasteiger partial charge in [-0.15, -0.1) is 0 Å². The molecule has 0 amide bonds. The molecule has 0 fully saturated rings. The maximum atomic E-state index is 12.1. The van der Waals surface area contributed by atoms with E-state index in [1.54, 1.807) is 37.3 Å². The number of aromatic nitrogens is 3. The predicted molar refractivity (Wildman–Crippen MR) is 87.1 cm³/mol. The quantitative estimate of drug-likeness (QED) is 0.712. The van der Waals surface area contributed by atoms with E-state index in [4.69, 9.17) is 4.74 Å². The minimum absolute atomic E-state index is 0.116. The molecule has 8 nitrogen and oxygen atoms in total. The number of benzene rings is 1. The molecule has 0 spiro atoms. The van der Waals surface area contributed by atoms with E-state index < -0.39 is 29.1 Å². The van der Waals surface area contributed by atoms with E-state index in [0.29, 0.717) is 12.0 Å². The minimum Gasteiger partial charge on any atom is -0.457 e. The summed E-state index contributed by atoms with van der Waals surface area (Å²) in [6.45, 7) is 1.66. The summed E-state index contributed by atoms with van der Waals surface area (Å²) >= 11 is 0. The Hall–Kier alpha value is -2.90. The highest BCUT2D eigenvalue weighted by Crippen LogP contribution is 2.07. The summed E-state index contributed by atoms with van der Waals surface area (Å²) in [5, 5.41) is 0. The van der Waals surface area contributed by atoms with Crippen molar-refractivity contribution >= 4 is 5.97 Å². The first-order valence-electron chi connectivity index (χ1n) is 7.49. The van der Waals surface area contributed by atoms with Gasteiger partial charge in [0.1, 0.15) is 6.10 Å². The van der Waals surface area contributed by atoms with E-state index in [1.165, 1.54) is 14.1 Å². The fraction of sp³-hybridized carbons (Fsp3) is 0.375. The van der Waals surface area contributed by atoms with Crippen molar-refractivity contribution in [3.8, 4) is 0 Å². The molecule has 2 aromatic rings. The molecule has 8 heteroatoms. The lowest BCUT2D eigenvalue weighted by Crippen LogP contribution is -2.53. The molecular formula is C16H19N3O5. The number of rotatable bonds is 5. The van der Waals surface area contributed by atoms with Crippen LogP contribution in [0.3, 0.4) is 0 Å². The van der Waals surface area contributed by atoms with E-state index in [9.17, 15) is 19.2 Å². The molecule has 0 aliphatic carbocycles. The number of nitrogens with zero attached hydrogens (tertiary/aromatic N) is 3. The van der Waals surface area contributed by atoms with E-state index >= 15 is 0 Å². The van der Waals surface area contributed by atoms with Crippen LogP contribution in [0, 0.1) is 0 Å². The average molecular weight is 333 g/mol. The topological polar surface area (TPSA) is 92.3 Å². The zero-order chi connectivity index (χ0) is 17.9. The van der Waals surface area contributed by atoms with Crippen molar-refractivity contribution in [2.75, 3.05) is 0 Å². The molecule has 0 aliphatic heterocycles. The van der Waals surface area contributed by atoms with Gasteiger partial charge in [0.25, 0.3) is 0 Å². The van der Waals surface area contributed by atoms with Gasteiger partial charge in [-0.05, 0) is 18.6 Å². The lowest BCUT2D eigenvalue weighted by molar-refractivity contribution is 0.0243. The van der Waals surface area contributed by atoms with Crippen LogP contribution in [0.25, 0.3) is 0 Å². The Labute approximate surface area is 137 Å². The molecule has 1 aromatic carbocycles. The monoisotopic (exact) mass is 333 g/mol. The first-order valence-corrected chi connectivity index (χ1v) is 7.49. The Balaban J connectivity index is 2.29. The molecule has 0 bridgehead atoms. The molecule has 0 radical (unpaired) electrons. The van der Waals surface area contributed by atoms with Crippen LogP contribution < -0.4 is 17.1 Å². The number of hydrogen-bond donors (Lipinski definition) is 0. The summed E-state index contributed by atoms with van der Waals surface area (Å²) in [5.41, 5.74) is -1.79. The van der Waals surface area contributed by atoms with E-state index in [-0.39, 0.29) is 6.54 Å². The van der Waals surface area contributed by atoms with Gasteiger partial charge >= 0.3 is 23.0 Å². The molecule has 128 valence electrons. The summed E-state index contributed by atoms with van der Waals surface area (Å²) in [7, 11) is 2.58. The van der Waals surface area contributed by atoms with Crippen LogP contribution in [0.5, 0.6) is 0 Å². The SMILES string of the molecule is CCC(Cn1c(=O)n(C)c(=O)n(C)c1=O)OC(=O)c1ccccc1. The van der Waals surface area contributed by atoms with Crippen LogP contribution in [0.4, 0.5) is 0 Å². The van der Waals surface area contributed by atoms with Gasteiger partial charge in [-0.2, -0.15) is 0 Å². The standard InChI is InChI=1S/C16H19N3O5/c1-4-12(24-13(20)11-8-6-5-7-9-11)10-19-15(22)17(2)14(21)18(3)16(19)23/h5-9,12H,4,10H2,1-3H3. The normalized spacial score (nSPS) is 12.0. The molecule has 0 saturated carbocycles. The fourth-order valence-corrected chi connectivity index (χ4v) is 2.24. The zero-order valence-corrected chi connectivity index (χ0v) is 13.8. The summed E-state index contributed by atoms with van der Waals surface area (Å²) < 4.78 is 7.95. The Morgan fingerprint density at radius 2 is 1.54 bits per heavy atom. The number of esters is 1. The van der Waals surface area contributed by atoms with Crippen LogP contribution in [0.1, 0.15) is 23.7 Å². The van der Waals surface area contributed by atoms with Gasteiger partial charge in [-0.25, -0.2) is 32.9 Å². The smallest absolute Gasteiger partial charge is 0.338 e. The third-order valence-electron chi connectivity index (χ3n) is 3.73. The Morgan fingerprint density at radius 3 is 2.04 bits per heavy atom. The Bertz CT molecular complexity index is 868. The predicted octanol–water partition coefficient (Wildman–Crippen LogP) is -0.119.